The number of rotatable bonds is 4. The molecule has 118 valence electrons. The van der Waals surface area contributed by atoms with Gasteiger partial charge in [0.1, 0.15) is 43.0 Å². The maximum Gasteiger partial charge on any atom is 0.226 e. The SMILES string of the molecule is O=c1cc(CO[C@@H]2O[C@H](CO)[C@H](O)[C@H](O)[C@H]2O)occ1O. The molecule has 2 rings (SSSR count). The van der Waals surface area contributed by atoms with Gasteiger partial charge in [0.25, 0.3) is 0 Å². The van der Waals surface area contributed by atoms with Crippen molar-refractivity contribution in [1.29, 1.82) is 0 Å². The lowest BCUT2D eigenvalue weighted by molar-refractivity contribution is -0.304. The van der Waals surface area contributed by atoms with Gasteiger partial charge < -0.3 is 39.4 Å². The summed E-state index contributed by atoms with van der Waals surface area (Å²) in [4.78, 5) is 11.2. The zero-order valence-corrected chi connectivity index (χ0v) is 10.8. The molecule has 1 aromatic heterocycles. The van der Waals surface area contributed by atoms with E-state index in [2.05, 4.69) is 0 Å². The molecule has 21 heavy (non-hydrogen) atoms. The molecule has 0 aliphatic carbocycles. The van der Waals surface area contributed by atoms with Crippen molar-refractivity contribution in [1.82, 2.24) is 0 Å². The predicted octanol–water partition coefficient (Wildman–Crippen LogP) is -2.34. The minimum atomic E-state index is -1.55. The lowest BCUT2D eigenvalue weighted by Crippen LogP contribution is -2.59. The molecule has 0 saturated carbocycles. The van der Waals surface area contributed by atoms with Gasteiger partial charge in [-0.15, -0.1) is 0 Å². The van der Waals surface area contributed by atoms with Gasteiger partial charge >= 0.3 is 0 Å². The summed E-state index contributed by atoms with van der Waals surface area (Å²) >= 11 is 0. The summed E-state index contributed by atoms with van der Waals surface area (Å²) in [6, 6.07) is 0.999. The Bertz CT molecular complexity index is 526. The monoisotopic (exact) mass is 304 g/mol. The third kappa shape index (κ3) is 3.40. The van der Waals surface area contributed by atoms with Crippen LogP contribution in [0.5, 0.6) is 5.75 Å². The molecule has 0 aromatic carbocycles. The maximum atomic E-state index is 11.2. The van der Waals surface area contributed by atoms with Gasteiger partial charge in [0, 0.05) is 6.07 Å². The Morgan fingerprint density at radius 1 is 1.19 bits per heavy atom. The third-order valence-corrected chi connectivity index (χ3v) is 3.10. The Morgan fingerprint density at radius 2 is 1.90 bits per heavy atom. The standard InChI is InChI=1S/C12H16O9/c13-2-8-9(16)10(17)11(18)12(21-8)20-3-5-1-6(14)7(15)4-19-5/h1,4,8-13,15-18H,2-3H2/t8-,9+,10+,11-,12-/m1/s1. The number of aromatic hydroxyl groups is 1. The van der Waals surface area contributed by atoms with Crippen LogP contribution in [0.4, 0.5) is 0 Å². The van der Waals surface area contributed by atoms with Crippen LogP contribution in [0.3, 0.4) is 0 Å². The number of aliphatic hydroxyl groups is 4. The fourth-order valence-electron chi connectivity index (χ4n) is 1.89. The Morgan fingerprint density at radius 3 is 2.52 bits per heavy atom. The minimum Gasteiger partial charge on any atom is -0.502 e. The highest BCUT2D eigenvalue weighted by atomic mass is 16.7. The molecule has 1 aliphatic heterocycles. The maximum absolute atomic E-state index is 11.2. The van der Waals surface area contributed by atoms with Gasteiger partial charge in [-0.25, -0.2) is 0 Å². The van der Waals surface area contributed by atoms with Crippen LogP contribution in [0.15, 0.2) is 21.5 Å². The number of hydrogen-bond donors (Lipinski definition) is 5. The Kier molecular flexibility index (Phi) is 4.93. The number of ether oxygens (including phenoxy) is 2. The van der Waals surface area contributed by atoms with Crippen molar-refractivity contribution in [3.05, 3.63) is 28.3 Å². The van der Waals surface area contributed by atoms with Gasteiger partial charge in [-0.05, 0) is 0 Å². The van der Waals surface area contributed by atoms with Gasteiger partial charge in [-0.3, -0.25) is 4.79 Å². The molecule has 1 fully saturated rings. The average Bonchev–Trinajstić information content (AvgIpc) is 2.47. The van der Waals surface area contributed by atoms with Gasteiger partial charge in [-0.1, -0.05) is 0 Å². The number of aliphatic hydroxyl groups excluding tert-OH is 4. The van der Waals surface area contributed by atoms with Crippen molar-refractivity contribution in [3.63, 3.8) is 0 Å². The average molecular weight is 304 g/mol. The highest BCUT2D eigenvalue weighted by molar-refractivity contribution is 5.15. The van der Waals surface area contributed by atoms with Crippen molar-refractivity contribution in [2.45, 2.75) is 37.3 Å². The van der Waals surface area contributed by atoms with E-state index in [4.69, 9.17) is 24.1 Å². The molecule has 0 bridgehead atoms. The molecular formula is C12H16O9. The minimum absolute atomic E-state index is 0.0646. The quantitative estimate of drug-likeness (QED) is 0.412. The van der Waals surface area contributed by atoms with E-state index in [9.17, 15) is 20.1 Å². The Hall–Kier alpha value is -1.49. The van der Waals surface area contributed by atoms with Crippen LogP contribution in [0.1, 0.15) is 5.76 Å². The first-order chi connectivity index (χ1) is 9.93. The molecule has 0 radical (unpaired) electrons. The molecule has 0 spiro atoms. The summed E-state index contributed by atoms with van der Waals surface area (Å²) in [5, 5.41) is 46.9. The normalized spacial score (nSPS) is 33.0. The summed E-state index contributed by atoms with van der Waals surface area (Å²) in [7, 11) is 0. The van der Waals surface area contributed by atoms with Crippen LogP contribution in [0, 0.1) is 0 Å². The fraction of sp³-hybridized carbons (Fsp3) is 0.583. The van der Waals surface area contributed by atoms with E-state index < -0.39 is 48.5 Å². The summed E-state index contributed by atoms with van der Waals surface area (Å²) < 4.78 is 15.2. The van der Waals surface area contributed by atoms with Crippen molar-refractivity contribution >= 4 is 0 Å². The second-order valence-electron chi connectivity index (χ2n) is 4.60. The lowest BCUT2D eigenvalue weighted by Gasteiger charge is -2.39. The zero-order valence-electron chi connectivity index (χ0n) is 10.8. The van der Waals surface area contributed by atoms with Crippen LogP contribution < -0.4 is 5.43 Å². The fourth-order valence-corrected chi connectivity index (χ4v) is 1.89. The van der Waals surface area contributed by atoms with Crippen LogP contribution in [0.25, 0.3) is 0 Å². The first-order valence-electron chi connectivity index (χ1n) is 6.17. The smallest absolute Gasteiger partial charge is 0.226 e. The summed E-state index contributed by atoms with van der Waals surface area (Å²) in [5.74, 6) is -0.485. The molecule has 0 amide bonds. The van der Waals surface area contributed by atoms with E-state index in [1.54, 1.807) is 0 Å². The lowest BCUT2D eigenvalue weighted by atomic mass is 9.99. The van der Waals surface area contributed by atoms with E-state index in [1.165, 1.54) is 0 Å². The van der Waals surface area contributed by atoms with E-state index >= 15 is 0 Å². The van der Waals surface area contributed by atoms with Crippen molar-refractivity contribution in [2.75, 3.05) is 6.61 Å². The molecule has 1 saturated heterocycles. The van der Waals surface area contributed by atoms with E-state index in [-0.39, 0.29) is 12.4 Å². The first kappa shape index (κ1) is 15.9. The van der Waals surface area contributed by atoms with E-state index in [0.717, 1.165) is 12.3 Å². The van der Waals surface area contributed by atoms with E-state index in [0.29, 0.717) is 0 Å². The van der Waals surface area contributed by atoms with Gasteiger partial charge in [-0.2, -0.15) is 0 Å². The van der Waals surface area contributed by atoms with Crippen LogP contribution in [0.2, 0.25) is 0 Å². The topological polar surface area (TPSA) is 150 Å². The molecule has 2 heterocycles. The molecule has 9 heteroatoms. The van der Waals surface area contributed by atoms with Crippen LogP contribution in [-0.4, -0.2) is 62.8 Å². The zero-order chi connectivity index (χ0) is 15.6. The molecule has 9 nitrogen and oxygen atoms in total. The second kappa shape index (κ2) is 6.52. The highest BCUT2D eigenvalue weighted by Gasteiger charge is 2.44. The van der Waals surface area contributed by atoms with Gasteiger partial charge in [0.2, 0.25) is 5.43 Å². The molecular weight excluding hydrogens is 288 g/mol. The number of hydrogen-bond acceptors (Lipinski definition) is 9. The van der Waals surface area contributed by atoms with Crippen LogP contribution in [-0.2, 0) is 16.1 Å². The first-order valence-corrected chi connectivity index (χ1v) is 6.17. The molecule has 5 N–H and O–H groups in total. The Labute approximate surface area is 118 Å². The summed E-state index contributed by atoms with van der Waals surface area (Å²) in [6.45, 7) is -0.850. The molecule has 5 atom stereocenters. The van der Waals surface area contributed by atoms with Gasteiger partial charge in [0.15, 0.2) is 12.0 Å². The van der Waals surface area contributed by atoms with E-state index in [1.807, 2.05) is 0 Å². The van der Waals surface area contributed by atoms with Crippen LogP contribution >= 0.6 is 0 Å². The Balaban J connectivity index is 2.01. The summed E-state index contributed by atoms with van der Waals surface area (Å²) in [5.41, 5.74) is -0.659. The molecule has 0 unspecified atom stereocenters. The third-order valence-electron chi connectivity index (χ3n) is 3.10. The predicted molar refractivity (Wildman–Crippen MR) is 65.2 cm³/mol. The van der Waals surface area contributed by atoms with Gasteiger partial charge in [0.05, 0.1) is 6.61 Å². The second-order valence-corrected chi connectivity index (χ2v) is 4.60. The highest BCUT2D eigenvalue weighted by Crippen LogP contribution is 2.22. The van der Waals surface area contributed by atoms with Crippen molar-refractivity contribution in [3.8, 4) is 5.75 Å². The van der Waals surface area contributed by atoms with Crippen molar-refractivity contribution in [2.24, 2.45) is 0 Å². The molecule has 1 aromatic rings. The molecule has 1 aliphatic rings. The largest absolute Gasteiger partial charge is 0.502 e. The summed E-state index contributed by atoms with van der Waals surface area (Å²) in [6.07, 6.45) is -6.12. The van der Waals surface area contributed by atoms with Crippen molar-refractivity contribution < 1.29 is 39.4 Å².